The molecule has 1 aromatic carbocycles. The predicted octanol–water partition coefficient (Wildman–Crippen LogP) is 2.15. The second kappa shape index (κ2) is 6.02. The van der Waals surface area contributed by atoms with Crippen LogP contribution < -0.4 is 4.72 Å². The Morgan fingerprint density at radius 1 is 1.50 bits per heavy atom. The minimum Gasteiger partial charge on any atom is -0.271 e. The normalized spacial score (nSPS) is 13.3. The van der Waals surface area contributed by atoms with E-state index in [1.165, 1.54) is 12.1 Å². The van der Waals surface area contributed by atoms with Gasteiger partial charge in [0.05, 0.1) is 6.54 Å². The molecule has 5 nitrogen and oxygen atoms in total. The Hall–Kier alpha value is -1.25. The topological polar surface area (TPSA) is 64.0 Å². The lowest BCUT2D eigenvalue weighted by Gasteiger charge is -2.14. The highest BCUT2D eigenvalue weighted by molar-refractivity contribution is 9.10. The van der Waals surface area contributed by atoms with Crippen molar-refractivity contribution >= 4 is 26.0 Å². The van der Waals surface area contributed by atoms with E-state index in [1.807, 2.05) is 0 Å². The van der Waals surface area contributed by atoms with Crippen molar-refractivity contribution in [3.63, 3.8) is 0 Å². The fourth-order valence-corrected chi connectivity index (χ4v) is 3.37. The SMILES string of the molecule is CC(Cn1cccn1)NS(=O)(=O)c1ccc(Br)cc1F. The summed E-state index contributed by atoms with van der Waals surface area (Å²) in [7, 11) is -3.90. The zero-order chi connectivity index (χ0) is 14.8. The van der Waals surface area contributed by atoms with Gasteiger partial charge >= 0.3 is 0 Å². The van der Waals surface area contributed by atoms with E-state index in [1.54, 1.807) is 30.1 Å². The van der Waals surface area contributed by atoms with Gasteiger partial charge in [-0.05, 0) is 31.2 Å². The monoisotopic (exact) mass is 361 g/mol. The van der Waals surface area contributed by atoms with Crippen molar-refractivity contribution in [1.82, 2.24) is 14.5 Å². The minimum atomic E-state index is -3.90. The predicted molar refractivity (Wildman–Crippen MR) is 76.1 cm³/mol. The molecule has 20 heavy (non-hydrogen) atoms. The first-order chi connectivity index (χ1) is 9.38. The van der Waals surface area contributed by atoms with Crippen LogP contribution in [0.1, 0.15) is 6.92 Å². The van der Waals surface area contributed by atoms with Crippen LogP contribution in [0.2, 0.25) is 0 Å². The second-order valence-electron chi connectivity index (χ2n) is 4.33. The van der Waals surface area contributed by atoms with Crippen molar-refractivity contribution < 1.29 is 12.8 Å². The molecular weight excluding hydrogens is 349 g/mol. The third kappa shape index (κ3) is 3.65. The largest absolute Gasteiger partial charge is 0.271 e. The molecule has 0 aliphatic carbocycles. The number of hydrogen-bond donors (Lipinski definition) is 1. The molecule has 0 amide bonds. The molecule has 1 heterocycles. The van der Waals surface area contributed by atoms with E-state index in [0.29, 0.717) is 11.0 Å². The van der Waals surface area contributed by atoms with Crippen LogP contribution in [-0.4, -0.2) is 24.2 Å². The Balaban J connectivity index is 2.14. The van der Waals surface area contributed by atoms with Gasteiger partial charge in [0.15, 0.2) is 0 Å². The van der Waals surface area contributed by atoms with E-state index in [-0.39, 0.29) is 4.90 Å². The van der Waals surface area contributed by atoms with Gasteiger partial charge < -0.3 is 0 Å². The fourth-order valence-electron chi connectivity index (χ4n) is 1.75. The summed E-state index contributed by atoms with van der Waals surface area (Å²) in [4.78, 5) is -0.368. The van der Waals surface area contributed by atoms with Crippen LogP contribution in [0.5, 0.6) is 0 Å². The maximum absolute atomic E-state index is 13.7. The molecule has 108 valence electrons. The van der Waals surface area contributed by atoms with Crippen molar-refractivity contribution in [3.05, 3.63) is 46.9 Å². The van der Waals surface area contributed by atoms with E-state index in [4.69, 9.17) is 0 Å². The Kier molecular flexibility index (Phi) is 4.56. The van der Waals surface area contributed by atoms with Crippen molar-refractivity contribution in [3.8, 4) is 0 Å². The lowest BCUT2D eigenvalue weighted by molar-refractivity contribution is 0.490. The van der Waals surface area contributed by atoms with E-state index < -0.39 is 21.9 Å². The van der Waals surface area contributed by atoms with E-state index in [9.17, 15) is 12.8 Å². The summed E-state index contributed by atoms with van der Waals surface area (Å²) < 4.78 is 42.4. The van der Waals surface area contributed by atoms with Crippen molar-refractivity contribution in [2.75, 3.05) is 0 Å². The van der Waals surface area contributed by atoms with Crippen LogP contribution in [0.4, 0.5) is 4.39 Å². The maximum Gasteiger partial charge on any atom is 0.243 e. The highest BCUT2D eigenvalue weighted by atomic mass is 79.9. The molecule has 2 aromatic rings. The number of hydrogen-bond acceptors (Lipinski definition) is 3. The van der Waals surface area contributed by atoms with Gasteiger partial charge in [0.2, 0.25) is 10.0 Å². The van der Waals surface area contributed by atoms with E-state index in [2.05, 4.69) is 25.8 Å². The molecule has 0 fully saturated rings. The van der Waals surface area contributed by atoms with Gasteiger partial charge in [-0.2, -0.15) is 5.10 Å². The molecule has 0 aliphatic rings. The quantitative estimate of drug-likeness (QED) is 0.887. The molecular formula is C12H13BrFN3O2S. The summed E-state index contributed by atoms with van der Waals surface area (Å²) in [6.07, 6.45) is 3.33. The summed E-state index contributed by atoms with van der Waals surface area (Å²) in [5.41, 5.74) is 0. The molecule has 1 unspecified atom stereocenters. The summed E-state index contributed by atoms with van der Waals surface area (Å²) in [5.74, 6) is -0.793. The van der Waals surface area contributed by atoms with Gasteiger partial charge in [0.25, 0.3) is 0 Å². The van der Waals surface area contributed by atoms with Gasteiger partial charge in [-0.15, -0.1) is 0 Å². The second-order valence-corrected chi connectivity index (χ2v) is 6.92. The summed E-state index contributed by atoms with van der Waals surface area (Å²) in [6, 6.07) is 5.16. The molecule has 0 bridgehead atoms. The minimum absolute atomic E-state index is 0.365. The molecule has 0 spiro atoms. The first-order valence-electron chi connectivity index (χ1n) is 5.83. The van der Waals surface area contributed by atoms with Gasteiger partial charge in [-0.25, -0.2) is 17.5 Å². The van der Waals surface area contributed by atoms with Gasteiger partial charge in [0.1, 0.15) is 10.7 Å². The van der Waals surface area contributed by atoms with Crippen LogP contribution in [0.25, 0.3) is 0 Å². The molecule has 8 heteroatoms. The Morgan fingerprint density at radius 3 is 2.85 bits per heavy atom. The number of rotatable bonds is 5. The van der Waals surface area contributed by atoms with Crippen molar-refractivity contribution in [2.24, 2.45) is 0 Å². The van der Waals surface area contributed by atoms with Crippen molar-refractivity contribution in [1.29, 1.82) is 0 Å². The number of nitrogens with zero attached hydrogens (tertiary/aromatic N) is 2. The number of nitrogens with one attached hydrogen (secondary N) is 1. The number of aromatic nitrogens is 2. The Morgan fingerprint density at radius 2 is 2.25 bits per heavy atom. The average Bonchev–Trinajstić information content (AvgIpc) is 2.79. The lowest BCUT2D eigenvalue weighted by atomic mass is 10.3. The zero-order valence-electron chi connectivity index (χ0n) is 10.6. The summed E-state index contributed by atoms with van der Waals surface area (Å²) in [5, 5.41) is 3.99. The molecule has 2 rings (SSSR count). The number of sulfonamides is 1. The summed E-state index contributed by atoms with van der Waals surface area (Å²) >= 11 is 3.09. The van der Waals surface area contributed by atoms with Crippen LogP contribution in [0, 0.1) is 5.82 Å². The van der Waals surface area contributed by atoms with Gasteiger partial charge in [0, 0.05) is 22.9 Å². The molecule has 1 N–H and O–H groups in total. The van der Waals surface area contributed by atoms with Gasteiger partial charge in [-0.1, -0.05) is 15.9 Å². The third-order valence-corrected chi connectivity index (χ3v) is 4.68. The zero-order valence-corrected chi connectivity index (χ0v) is 13.0. The molecule has 0 radical (unpaired) electrons. The molecule has 1 atom stereocenters. The molecule has 0 aliphatic heterocycles. The fraction of sp³-hybridized carbons (Fsp3) is 0.250. The molecule has 0 saturated heterocycles. The van der Waals surface area contributed by atoms with Crippen LogP contribution >= 0.6 is 15.9 Å². The highest BCUT2D eigenvalue weighted by Crippen LogP contribution is 2.19. The molecule has 1 aromatic heterocycles. The Bertz CT molecular complexity index is 689. The van der Waals surface area contributed by atoms with Gasteiger partial charge in [-0.3, -0.25) is 4.68 Å². The highest BCUT2D eigenvalue weighted by Gasteiger charge is 2.21. The van der Waals surface area contributed by atoms with E-state index in [0.717, 1.165) is 6.07 Å². The lowest BCUT2D eigenvalue weighted by Crippen LogP contribution is -2.36. The first kappa shape index (κ1) is 15.1. The van der Waals surface area contributed by atoms with Crippen molar-refractivity contribution in [2.45, 2.75) is 24.4 Å². The maximum atomic E-state index is 13.7. The average molecular weight is 362 g/mol. The third-order valence-electron chi connectivity index (χ3n) is 2.56. The summed E-state index contributed by atoms with van der Waals surface area (Å²) in [6.45, 7) is 2.06. The number of halogens is 2. The number of benzene rings is 1. The van der Waals surface area contributed by atoms with E-state index >= 15 is 0 Å². The van der Waals surface area contributed by atoms with Crippen LogP contribution in [0.3, 0.4) is 0 Å². The van der Waals surface area contributed by atoms with Crippen LogP contribution in [0.15, 0.2) is 46.0 Å². The first-order valence-corrected chi connectivity index (χ1v) is 8.11. The van der Waals surface area contributed by atoms with Crippen LogP contribution in [-0.2, 0) is 16.6 Å². The Labute approximate surface area is 125 Å². The molecule has 0 saturated carbocycles. The standard InChI is InChI=1S/C12H13BrFN3O2S/c1-9(8-17-6-2-5-15-17)16-20(18,19)12-4-3-10(13)7-11(12)14/h2-7,9,16H,8H2,1H3. The smallest absolute Gasteiger partial charge is 0.243 e.